The maximum atomic E-state index is 10.4. The molecule has 0 spiro atoms. The smallest absolute Gasteiger partial charge is 0.294 e. The van der Waals surface area contributed by atoms with E-state index in [1.165, 1.54) is 0 Å². The topological polar surface area (TPSA) is 130 Å². The molecule has 0 aliphatic heterocycles. The highest BCUT2D eigenvalue weighted by atomic mass is 32.3. The van der Waals surface area contributed by atoms with Gasteiger partial charge in [-0.2, -0.15) is 16.8 Å². The first-order valence-corrected chi connectivity index (χ1v) is 5.55. The summed E-state index contributed by atoms with van der Waals surface area (Å²) in [5, 5.41) is 0. The highest BCUT2D eigenvalue weighted by Gasteiger charge is 2.18. The quantitative estimate of drug-likeness (QED) is 0.517. The van der Waals surface area contributed by atoms with E-state index in [4.69, 9.17) is 0 Å². The molecular formula is C2H8N2O5S2. The minimum Gasteiger partial charge on any atom is -0.316 e. The number of hydrogen-bond acceptors (Lipinski definition) is 7. The van der Waals surface area contributed by atoms with E-state index in [0.29, 0.717) is 0 Å². The molecule has 4 N–H and O–H groups in total. The summed E-state index contributed by atoms with van der Waals surface area (Å²) in [4.78, 5) is 0. The molecule has 0 amide bonds. The first-order chi connectivity index (χ1) is 4.83. The standard InChI is InChI=1S/C2H8N2O5S2/c3-1-10(5,6)9-11(7,8)2-4/h1-4H2. The molecular weight excluding hydrogens is 196 g/mol. The zero-order valence-corrected chi connectivity index (χ0v) is 7.06. The van der Waals surface area contributed by atoms with Crippen molar-refractivity contribution in [3.63, 3.8) is 0 Å². The van der Waals surface area contributed by atoms with Crippen molar-refractivity contribution in [3.8, 4) is 0 Å². The maximum absolute atomic E-state index is 10.4. The Morgan fingerprint density at radius 3 is 1.36 bits per heavy atom. The molecule has 0 bridgehead atoms. The van der Waals surface area contributed by atoms with Crippen LogP contribution in [-0.2, 0) is 23.9 Å². The van der Waals surface area contributed by atoms with Crippen LogP contribution in [0.2, 0.25) is 0 Å². The van der Waals surface area contributed by atoms with Gasteiger partial charge in [-0.15, -0.1) is 3.63 Å². The van der Waals surface area contributed by atoms with Gasteiger partial charge in [0, 0.05) is 0 Å². The third-order valence-electron chi connectivity index (χ3n) is 0.616. The summed E-state index contributed by atoms with van der Waals surface area (Å²) < 4.78 is 45.2. The Morgan fingerprint density at radius 1 is 0.909 bits per heavy atom. The largest absolute Gasteiger partial charge is 0.316 e. The summed E-state index contributed by atoms with van der Waals surface area (Å²) in [6.07, 6.45) is 0. The third-order valence-corrected chi connectivity index (χ3v) is 3.09. The molecule has 11 heavy (non-hydrogen) atoms. The van der Waals surface area contributed by atoms with E-state index < -0.39 is 32.0 Å². The first kappa shape index (κ1) is 10.8. The molecule has 7 nitrogen and oxygen atoms in total. The van der Waals surface area contributed by atoms with Crippen LogP contribution < -0.4 is 11.5 Å². The predicted molar refractivity (Wildman–Crippen MR) is 37.0 cm³/mol. The summed E-state index contributed by atoms with van der Waals surface area (Å²) in [6.45, 7) is 0. The van der Waals surface area contributed by atoms with Gasteiger partial charge >= 0.3 is 0 Å². The van der Waals surface area contributed by atoms with Crippen LogP contribution in [0.4, 0.5) is 0 Å². The molecule has 0 aromatic heterocycles. The van der Waals surface area contributed by atoms with Gasteiger partial charge in [-0.05, 0) is 0 Å². The van der Waals surface area contributed by atoms with E-state index >= 15 is 0 Å². The molecule has 0 fully saturated rings. The van der Waals surface area contributed by atoms with E-state index in [1.54, 1.807) is 0 Å². The van der Waals surface area contributed by atoms with Crippen molar-refractivity contribution >= 4 is 20.2 Å². The fourth-order valence-electron chi connectivity index (χ4n) is 0.214. The van der Waals surface area contributed by atoms with Gasteiger partial charge in [-0.3, -0.25) is 0 Å². The average Bonchev–Trinajstić information content (AvgIpc) is 1.86. The van der Waals surface area contributed by atoms with Gasteiger partial charge < -0.3 is 11.5 Å². The van der Waals surface area contributed by atoms with Crippen molar-refractivity contribution in [2.45, 2.75) is 0 Å². The van der Waals surface area contributed by atoms with Crippen LogP contribution in [0.25, 0.3) is 0 Å². The maximum Gasteiger partial charge on any atom is 0.294 e. The van der Waals surface area contributed by atoms with E-state index in [9.17, 15) is 16.8 Å². The molecule has 0 aliphatic rings. The minimum atomic E-state index is -4.18. The molecule has 0 radical (unpaired) electrons. The third kappa shape index (κ3) is 4.27. The lowest BCUT2D eigenvalue weighted by Gasteiger charge is -1.99. The van der Waals surface area contributed by atoms with Gasteiger partial charge in [0.1, 0.15) is 11.8 Å². The van der Waals surface area contributed by atoms with Crippen LogP contribution in [0.3, 0.4) is 0 Å². The molecule has 0 aliphatic carbocycles. The van der Waals surface area contributed by atoms with Crippen LogP contribution >= 0.6 is 0 Å². The second kappa shape index (κ2) is 3.45. The molecule has 0 unspecified atom stereocenters. The summed E-state index contributed by atoms with van der Waals surface area (Å²) in [7, 11) is -8.36. The van der Waals surface area contributed by atoms with Crippen molar-refractivity contribution in [1.29, 1.82) is 0 Å². The fourth-order valence-corrected chi connectivity index (χ4v) is 1.92. The zero-order chi connectivity index (χ0) is 9.12. The Kier molecular flexibility index (Phi) is 3.38. The SMILES string of the molecule is NCS(=O)(=O)OS(=O)(=O)CN. The molecule has 9 heteroatoms. The highest BCUT2D eigenvalue weighted by molar-refractivity contribution is 7.99. The van der Waals surface area contributed by atoms with Crippen molar-refractivity contribution in [2.24, 2.45) is 11.5 Å². The van der Waals surface area contributed by atoms with Crippen molar-refractivity contribution in [2.75, 3.05) is 11.8 Å². The predicted octanol–water partition coefficient (Wildman–Crippen LogP) is -2.50. The lowest BCUT2D eigenvalue weighted by atomic mass is 11.6. The Bertz CT molecular complexity index is 269. The van der Waals surface area contributed by atoms with Crippen LogP contribution in [0.5, 0.6) is 0 Å². The summed E-state index contributed by atoms with van der Waals surface area (Å²) in [6, 6.07) is 0. The Morgan fingerprint density at radius 2 is 1.18 bits per heavy atom. The van der Waals surface area contributed by atoms with Gasteiger partial charge in [0.25, 0.3) is 20.2 Å². The van der Waals surface area contributed by atoms with Crippen molar-refractivity contribution in [3.05, 3.63) is 0 Å². The van der Waals surface area contributed by atoms with Gasteiger partial charge in [0.15, 0.2) is 0 Å². The average molecular weight is 204 g/mol. The zero-order valence-electron chi connectivity index (χ0n) is 5.43. The Balaban J connectivity index is 4.54. The fraction of sp³-hybridized carbons (Fsp3) is 1.00. The number of hydrogen-bond donors (Lipinski definition) is 2. The van der Waals surface area contributed by atoms with Gasteiger partial charge in [-0.1, -0.05) is 0 Å². The Hall–Kier alpha value is -0.220. The summed E-state index contributed by atoms with van der Waals surface area (Å²) in [5.41, 5.74) is 9.30. The highest BCUT2D eigenvalue weighted by Crippen LogP contribution is 1.97. The number of rotatable bonds is 4. The van der Waals surface area contributed by atoms with Crippen LogP contribution in [-0.4, -0.2) is 28.6 Å². The second-order valence-corrected chi connectivity index (χ2v) is 4.96. The van der Waals surface area contributed by atoms with Gasteiger partial charge in [0.05, 0.1) is 0 Å². The molecule has 0 heterocycles. The van der Waals surface area contributed by atoms with Gasteiger partial charge in [0.2, 0.25) is 0 Å². The van der Waals surface area contributed by atoms with Crippen LogP contribution in [0.1, 0.15) is 0 Å². The Labute approximate surface area is 64.6 Å². The van der Waals surface area contributed by atoms with Crippen LogP contribution in [0.15, 0.2) is 0 Å². The number of nitrogens with two attached hydrogens (primary N) is 2. The summed E-state index contributed by atoms with van der Waals surface area (Å²) >= 11 is 0. The molecule has 68 valence electrons. The normalized spacial score (nSPS) is 13.3. The van der Waals surface area contributed by atoms with E-state index in [0.717, 1.165) is 0 Å². The lowest BCUT2D eigenvalue weighted by Crippen LogP contribution is -2.25. The monoisotopic (exact) mass is 204 g/mol. The molecule has 0 saturated heterocycles. The summed E-state index contributed by atoms with van der Waals surface area (Å²) in [5.74, 6) is -1.79. The van der Waals surface area contributed by atoms with Crippen molar-refractivity contribution < 1.29 is 20.5 Å². The first-order valence-electron chi connectivity index (χ1n) is 2.39. The molecule has 0 atom stereocenters. The van der Waals surface area contributed by atoms with Crippen LogP contribution in [0, 0.1) is 0 Å². The van der Waals surface area contributed by atoms with Crippen molar-refractivity contribution in [1.82, 2.24) is 0 Å². The van der Waals surface area contributed by atoms with E-state index in [-0.39, 0.29) is 0 Å². The second-order valence-electron chi connectivity index (χ2n) is 1.52. The molecule has 0 aromatic rings. The minimum absolute atomic E-state index is 0.897. The van der Waals surface area contributed by atoms with Gasteiger partial charge in [-0.25, -0.2) is 0 Å². The molecule has 0 rings (SSSR count). The molecule has 0 aromatic carbocycles. The lowest BCUT2D eigenvalue weighted by molar-refractivity contribution is 0.462. The van der Waals surface area contributed by atoms with E-state index in [2.05, 4.69) is 15.1 Å². The van der Waals surface area contributed by atoms with E-state index in [1.807, 2.05) is 0 Å². The molecule has 0 saturated carbocycles.